The van der Waals surface area contributed by atoms with Crippen LogP contribution in [0.1, 0.15) is 31.7 Å². The number of aromatic nitrogens is 3. The minimum Gasteiger partial charge on any atom is -0.326 e. The van der Waals surface area contributed by atoms with Crippen molar-refractivity contribution in [3.8, 4) is 22.5 Å². The van der Waals surface area contributed by atoms with Crippen LogP contribution in [-0.4, -0.2) is 26.8 Å². The van der Waals surface area contributed by atoms with Crippen molar-refractivity contribution in [2.75, 3.05) is 11.1 Å². The highest BCUT2D eigenvalue weighted by Gasteiger charge is 2.14. The highest BCUT2D eigenvalue weighted by Crippen LogP contribution is 2.29. The normalized spacial score (nSPS) is 10.9. The third kappa shape index (κ3) is 6.05. The van der Waals surface area contributed by atoms with Crippen LogP contribution in [0.2, 0.25) is 0 Å². The number of carbonyl (C=O) groups is 1. The molecule has 4 rings (SSSR count). The maximum atomic E-state index is 12.4. The van der Waals surface area contributed by atoms with Crippen LogP contribution in [0, 0.1) is 0 Å². The number of amides is 1. The van der Waals surface area contributed by atoms with Gasteiger partial charge in [-0.25, -0.2) is 4.98 Å². The molecule has 0 unspecified atom stereocenters. The lowest BCUT2D eigenvalue weighted by atomic mass is 10.0. The van der Waals surface area contributed by atoms with E-state index in [-0.39, 0.29) is 5.91 Å². The number of nitrogens with zero attached hydrogens (tertiary/aromatic N) is 3. The first-order valence-corrected chi connectivity index (χ1v) is 12.0. The van der Waals surface area contributed by atoms with Crippen molar-refractivity contribution in [2.45, 2.75) is 31.3 Å². The molecule has 0 aliphatic rings. The molecule has 0 atom stereocenters. The Bertz CT molecular complexity index is 1200. The Morgan fingerprint density at radius 2 is 1.42 bits per heavy atom. The van der Waals surface area contributed by atoms with Crippen LogP contribution >= 0.6 is 11.8 Å². The zero-order chi connectivity index (χ0) is 23.0. The number of anilines is 1. The van der Waals surface area contributed by atoms with E-state index in [0.717, 1.165) is 28.2 Å². The second-order valence-corrected chi connectivity index (χ2v) is 9.01. The van der Waals surface area contributed by atoms with Crippen LogP contribution in [0.5, 0.6) is 0 Å². The van der Waals surface area contributed by atoms with Gasteiger partial charge in [0, 0.05) is 29.0 Å². The van der Waals surface area contributed by atoms with E-state index in [1.807, 2.05) is 84.9 Å². The van der Waals surface area contributed by atoms with Crippen LogP contribution in [0.4, 0.5) is 5.69 Å². The van der Waals surface area contributed by atoms with Crippen LogP contribution in [0.25, 0.3) is 22.5 Å². The summed E-state index contributed by atoms with van der Waals surface area (Å²) in [6.45, 7) is 4.30. The summed E-state index contributed by atoms with van der Waals surface area (Å²) in [5.41, 5.74) is 5.54. The maximum Gasteiger partial charge on any atom is 0.225 e. The van der Waals surface area contributed by atoms with Crippen molar-refractivity contribution < 1.29 is 4.79 Å². The van der Waals surface area contributed by atoms with E-state index < -0.39 is 0 Å². The molecular weight excluding hydrogens is 428 g/mol. The van der Waals surface area contributed by atoms with Gasteiger partial charge in [0.2, 0.25) is 11.1 Å². The lowest BCUT2D eigenvalue weighted by Crippen LogP contribution is -2.12. The summed E-state index contributed by atoms with van der Waals surface area (Å²) in [4.78, 5) is 17.2. The van der Waals surface area contributed by atoms with Crippen LogP contribution in [-0.2, 0) is 4.79 Å². The molecule has 166 valence electrons. The monoisotopic (exact) mass is 454 g/mol. The molecule has 0 saturated heterocycles. The fourth-order valence-corrected chi connectivity index (χ4v) is 4.09. The van der Waals surface area contributed by atoms with Crippen molar-refractivity contribution in [1.82, 2.24) is 15.2 Å². The molecule has 1 aromatic heterocycles. The Morgan fingerprint density at radius 3 is 2.03 bits per heavy atom. The van der Waals surface area contributed by atoms with Gasteiger partial charge in [-0.1, -0.05) is 98.4 Å². The molecule has 0 aliphatic heterocycles. The number of thioether (sulfide) groups is 1. The Balaban J connectivity index is 1.42. The maximum absolute atomic E-state index is 12.4. The Kier molecular flexibility index (Phi) is 7.47. The molecular formula is C27H26N4OS. The molecule has 3 aromatic carbocycles. The number of rotatable bonds is 8. The molecule has 0 radical (unpaired) electrons. The zero-order valence-corrected chi connectivity index (χ0v) is 19.5. The standard InChI is InChI=1S/C27H26N4OS/c1-19(2)20-13-15-23(16-14-20)28-24(32)17-18-33-27-29-25(21-9-5-3-6-10-21)26(30-31-27)22-11-7-4-8-12-22/h3-16,19H,17-18H2,1-2H3,(H,28,32). The highest BCUT2D eigenvalue weighted by molar-refractivity contribution is 7.99. The fourth-order valence-electron chi connectivity index (χ4n) is 3.37. The molecule has 0 fully saturated rings. The summed E-state index contributed by atoms with van der Waals surface area (Å²) in [6, 6.07) is 27.9. The van der Waals surface area contributed by atoms with Crippen LogP contribution < -0.4 is 5.32 Å². The Hall–Kier alpha value is -3.51. The van der Waals surface area contributed by atoms with E-state index >= 15 is 0 Å². The van der Waals surface area contributed by atoms with Gasteiger partial charge in [0.1, 0.15) is 11.4 Å². The average Bonchev–Trinajstić information content (AvgIpc) is 2.85. The molecule has 0 bridgehead atoms. The quantitative estimate of drug-likeness (QED) is 0.310. The fraction of sp³-hybridized carbons (Fsp3) is 0.185. The SMILES string of the molecule is CC(C)c1ccc(NC(=O)CCSc2nnc(-c3ccccc3)c(-c3ccccc3)n2)cc1. The van der Waals surface area contributed by atoms with Gasteiger partial charge >= 0.3 is 0 Å². The number of carbonyl (C=O) groups excluding carboxylic acids is 1. The first-order valence-electron chi connectivity index (χ1n) is 11.0. The van der Waals surface area contributed by atoms with Crippen LogP contribution in [0.3, 0.4) is 0 Å². The van der Waals surface area contributed by atoms with Crippen molar-refractivity contribution in [3.63, 3.8) is 0 Å². The summed E-state index contributed by atoms with van der Waals surface area (Å²) in [5.74, 6) is 1.00. The van der Waals surface area contributed by atoms with E-state index in [2.05, 4.69) is 29.4 Å². The molecule has 5 nitrogen and oxygen atoms in total. The van der Waals surface area contributed by atoms with Crippen LogP contribution in [0.15, 0.2) is 90.1 Å². The molecule has 0 aliphatic carbocycles. The van der Waals surface area contributed by atoms with Crippen molar-refractivity contribution in [3.05, 3.63) is 90.5 Å². The topological polar surface area (TPSA) is 67.8 Å². The van der Waals surface area contributed by atoms with Gasteiger partial charge in [-0.15, -0.1) is 10.2 Å². The smallest absolute Gasteiger partial charge is 0.225 e. The van der Waals surface area contributed by atoms with Crippen molar-refractivity contribution in [2.24, 2.45) is 0 Å². The molecule has 0 saturated carbocycles. The summed E-state index contributed by atoms with van der Waals surface area (Å²) in [7, 11) is 0. The molecule has 0 spiro atoms. The summed E-state index contributed by atoms with van der Waals surface area (Å²) < 4.78 is 0. The van der Waals surface area contributed by atoms with Gasteiger partial charge in [0.05, 0.1) is 0 Å². The second kappa shape index (κ2) is 10.9. The first kappa shape index (κ1) is 22.7. The highest BCUT2D eigenvalue weighted by atomic mass is 32.2. The van der Waals surface area contributed by atoms with Gasteiger partial charge in [-0.05, 0) is 23.6 Å². The third-order valence-corrected chi connectivity index (χ3v) is 6.02. The second-order valence-electron chi connectivity index (χ2n) is 7.95. The van der Waals surface area contributed by atoms with E-state index in [4.69, 9.17) is 4.98 Å². The number of hydrogen-bond donors (Lipinski definition) is 1. The van der Waals surface area contributed by atoms with E-state index in [1.165, 1.54) is 17.3 Å². The number of benzene rings is 3. The number of hydrogen-bond acceptors (Lipinski definition) is 5. The molecule has 6 heteroatoms. The summed E-state index contributed by atoms with van der Waals surface area (Å²) in [6.07, 6.45) is 0.362. The predicted molar refractivity (Wildman–Crippen MR) is 135 cm³/mol. The first-order chi connectivity index (χ1) is 16.1. The lowest BCUT2D eigenvalue weighted by Gasteiger charge is -2.10. The number of nitrogens with one attached hydrogen (secondary N) is 1. The predicted octanol–water partition coefficient (Wildman–Crippen LogP) is 6.45. The molecule has 4 aromatic rings. The van der Waals surface area contributed by atoms with Gasteiger partial charge in [0.25, 0.3) is 0 Å². The van der Waals surface area contributed by atoms with E-state index in [0.29, 0.717) is 23.2 Å². The molecule has 1 N–H and O–H groups in total. The molecule has 33 heavy (non-hydrogen) atoms. The van der Waals surface area contributed by atoms with E-state index in [9.17, 15) is 4.79 Å². The van der Waals surface area contributed by atoms with E-state index in [1.54, 1.807) is 0 Å². The van der Waals surface area contributed by atoms with Gasteiger partial charge in [0.15, 0.2) is 0 Å². The molecule has 1 amide bonds. The average molecular weight is 455 g/mol. The Morgan fingerprint density at radius 1 is 0.818 bits per heavy atom. The Labute approximate surface area is 198 Å². The molecule has 1 heterocycles. The van der Waals surface area contributed by atoms with Gasteiger partial charge < -0.3 is 5.32 Å². The largest absolute Gasteiger partial charge is 0.326 e. The van der Waals surface area contributed by atoms with Gasteiger partial charge in [-0.3, -0.25) is 4.79 Å². The third-order valence-electron chi connectivity index (χ3n) is 5.18. The minimum absolute atomic E-state index is 0.0306. The van der Waals surface area contributed by atoms with Gasteiger partial charge in [-0.2, -0.15) is 0 Å². The summed E-state index contributed by atoms with van der Waals surface area (Å²) in [5, 5.41) is 12.3. The lowest BCUT2D eigenvalue weighted by molar-refractivity contribution is -0.115. The van der Waals surface area contributed by atoms with Crippen molar-refractivity contribution in [1.29, 1.82) is 0 Å². The van der Waals surface area contributed by atoms with Crippen molar-refractivity contribution >= 4 is 23.4 Å². The zero-order valence-electron chi connectivity index (χ0n) is 18.7. The summed E-state index contributed by atoms with van der Waals surface area (Å²) >= 11 is 1.43. The minimum atomic E-state index is -0.0306.